The van der Waals surface area contributed by atoms with Gasteiger partial charge < -0.3 is 0 Å². The van der Waals surface area contributed by atoms with Gasteiger partial charge in [-0.05, 0) is 12.1 Å². The highest BCUT2D eigenvalue weighted by molar-refractivity contribution is 5.30. The van der Waals surface area contributed by atoms with Crippen LogP contribution in [0, 0.1) is 12.3 Å². The van der Waals surface area contributed by atoms with Crippen molar-refractivity contribution < 1.29 is 0 Å². The molecule has 0 atom stereocenters. The zero-order chi connectivity index (χ0) is 22.8. The van der Waals surface area contributed by atoms with Gasteiger partial charge in [0.2, 0.25) is 0 Å². The number of rotatable bonds is 0. The minimum atomic E-state index is 0. The Morgan fingerprint density at radius 2 is 0.455 bits per heavy atom. The van der Waals surface area contributed by atoms with Crippen molar-refractivity contribution in [3.8, 4) is 12.3 Å². The normalized spacial score (nSPS) is 7.73. The molecule has 0 aliphatic carbocycles. The van der Waals surface area contributed by atoms with Crippen molar-refractivity contribution in [2.75, 3.05) is 0 Å². The maximum absolute atomic E-state index is 5.10. The number of benzene rings is 5. The molecule has 0 saturated carbocycles. The van der Waals surface area contributed by atoms with E-state index in [4.69, 9.17) is 6.42 Å². The lowest BCUT2D eigenvalue weighted by molar-refractivity contribution is 1.65. The molecule has 5 aromatic carbocycles. The fourth-order valence-corrected chi connectivity index (χ4v) is 2.07. The Morgan fingerprint density at radius 3 is 0.576 bits per heavy atom. The predicted molar refractivity (Wildman–Crippen MR) is 147 cm³/mol. The van der Waals surface area contributed by atoms with E-state index in [9.17, 15) is 0 Å². The van der Waals surface area contributed by atoms with Crippen molar-refractivity contribution >= 4 is 0 Å². The van der Waals surface area contributed by atoms with E-state index in [1.165, 1.54) is 0 Å². The standard InChI is InChI=1S/C8H6.4C6H6.CH4/c1-2-8-6-4-3-5-7-8;4*1-2-4-6-5-3-1;/h1,3-7H;4*1-6H;1H4. The molecule has 0 aromatic heterocycles. The second-order valence-corrected chi connectivity index (χ2v) is 6.13. The van der Waals surface area contributed by atoms with Gasteiger partial charge >= 0.3 is 0 Å². The fraction of sp³-hybridized carbons (Fsp3) is 0.0303. The molecule has 5 rings (SSSR count). The van der Waals surface area contributed by atoms with Crippen LogP contribution in [0.2, 0.25) is 0 Å². The minimum absolute atomic E-state index is 0. The molecule has 0 saturated heterocycles. The van der Waals surface area contributed by atoms with Crippen molar-refractivity contribution in [1.29, 1.82) is 0 Å². The SMILES string of the molecule is C.C#Cc1ccccc1.c1ccccc1.c1ccccc1.c1ccccc1.c1ccccc1. The van der Waals surface area contributed by atoms with Crippen LogP contribution in [0.1, 0.15) is 13.0 Å². The average molecular weight is 431 g/mol. The van der Waals surface area contributed by atoms with E-state index < -0.39 is 0 Å². The summed E-state index contributed by atoms with van der Waals surface area (Å²) >= 11 is 0. The Morgan fingerprint density at radius 1 is 0.303 bits per heavy atom. The number of hydrogen-bond donors (Lipinski definition) is 0. The van der Waals surface area contributed by atoms with Crippen molar-refractivity contribution in [3.63, 3.8) is 0 Å². The summed E-state index contributed by atoms with van der Waals surface area (Å²) < 4.78 is 0. The smallest absolute Gasteiger partial charge is 0.0242 e. The molecule has 0 unspecified atom stereocenters. The molecule has 0 amide bonds. The van der Waals surface area contributed by atoms with Gasteiger partial charge in [-0.15, -0.1) is 6.42 Å². The Bertz CT molecular complexity index is 755. The topological polar surface area (TPSA) is 0 Å². The van der Waals surface area contributed by atoms with Crippen LogP contribution in [0.25, 0.3) is 0 Å². The van der Waals surface area contributed by atoms with Crippen LogP contribution in [0.15, 0.2) is 176 Å². The molecule has 0 fully saturated rings. The minimum Gasteiger partial charge on any atom is -0.115 e. The summed E-state index contributed by atoms with van der Waals surface area (Å²) in [5, 5.41) is 0. The van der Waals surface area contributed by atoms with Crippen molar-refractivity contribution in [1.82, 2.24) is 0 Å². The molecule has 0 radical (unpaired) electrons. The third kappa shape index (κ3) is 20.7. The summed E-state index contributed by atoms with van der Waals surface area (Å²) in [6.07, 6.45) is 5.10. The Hall–Kier alpha value is -4.34. The fourth-order valence-electron chi connectivity index (χ4n) is 2.07. The van der Waals surface area contributed by atoms with Gasteiger partial charge in [0.1, 0.15) is 0 Å². The third-order valence-corrected chi connectivity index (χ3v) is 3.61. The molecule has 166 valence electrons. The lowest BCUT2D eigenvalue weighted by Gasteiger charge is -1.82. The zero-order valence-electron chi connectivity index (χ0n) is 18.3. The first-order valence-corrected chi connectivity index (χ1v) is 10.4. The zero-order valence-corrected chi connectivity index (χ0v) is 18.3. The molecule has 0 bridgehead atoms. The molecule has 0 spiro atoms. The summed E-state index contributed by atoms with van der Waals surface area (Å²) in [6.45, 7) is 0. The van der Waals surface area contributed by atoms with E-state index in [1.807, 2.05) is 176 Å². The maximum Gasteiger partial charge on any atom is 0.0242 e. The van der Waals surface area contributed by atoms with E-state index >= 15 is 0 Å². The molecule has 5 aromatic rings. The van der Waals surface area contributed by atoms with Crippen LogP contribution in [0.3, 0.4) is 0 Å². The van der Waals surface area contributed by atoms with Crippen LogP contribution < -0.4 is 0 Å². The summed E-state index contributed by atoms with van der Waals surface area (Å²) in [4.78, 5) is 0. The van der Waals surface area contributed by atoms with E-state index in [-0.39, 0.29) is 7.43 Å². The van der Waals surface area contributed by atoms with Gasteiger partial charge in [-0.3, -0.25) is 0 Å². The van der Waals surface area contributed by atoms with Gasteiger partial charge in [-0.25, -0.2) is 0 Å². The second kappa shape index (κ2) is 23.9. The Labute approximate surface area is 201 Å². The summed E-state index contributed by atoms with van der Waals surface area (Å²) in [6, 6.07) is 57.6. The number of terminal acetylenes is 1. The molecule has 33 heavy (non-hydrogen) atoms. The number of hydrogen-bond acceptors (Lipinski definition) is 0. The van der Waals surface area contributed by atoms with Crippen molar-refractivity contribution in [2.45, 2.75) is 7.43 Å². The molecule has 0 nitrogen and oxygen atoms in total. The van der Waals surface area contributed by atoms with Gasteiger partial charge in [0.15, 0.2) is 0 Å². The predicted octanol–water partition coefficient (Wildman–Crippen LogP) is 9.05. The van der Waals surface area contributed by atoms with Crippen LogP contribution >= 0.6 is 0 Å². The van der Waals surface area contributed by atoms with Gasteiger partial charge in [0.25, 0.3) is 0 Å². The van der Waals surface area contributed by atoms with E-state index in [2.05, 4.69) is 5.92 Å². The van der Waals surface area contributed by atoms with Gasteiger partial charge in [-0.1, -0.05) is 177 Å². The molecule has 0 N–H and O–H groups in total. The first-order chi connectivity index (χ1) is 15.9. The summed E-state index contributed by atoms with van der Waals surface area (Å²) in [5.74, 6) is 2.53. The lowest BCUT2D eigenvalue weighted by Crippen LogP contribution is -1.66. The first kappa shape index (κ1) is 28.7. The molecule has 0 aliphatic rings. The summed E-state index contributed by atoms with van der Waals surface area (Å²) in [5.41, 5.74) is 0.938. The molecule has 0 heteroatoms. The lowest BCUT2D eigenvalue weighted by atomic mass is 10.2. The largest absolute Gasteiger partial charge is 0.115 e. The van der Waals surface area contributed by atoms with Crippen LogP contribution in [0.5, 0.6) is 0 Å². The first-order valence-electron chi connectivity index (χ1n) is 10.4. The van der Waals surface area contributed by atoms with Gasteiger partial charge in [0, 0.05) is 5.56 Å². The maximum atomic E-state index is 5.10. The molecule has 0 heterocycles. The van der Waals surface area contributed by atoms with Crippen molar-refractivity contribution in [2.24, 2.45) is 0 Å². The Kier molecular flexibility index (Phi) is 20.8. The molecular weight excluding hydrogens is 396 g/mol. The van der Waals surface area contributed by atoms with E-state index in [1.54, 1.807) is 0 Å². The summed E-state index contributed by atoms with van der Waals surface area (Å²) in [7, 11) is 0. The quantitative estimate of drug-likeness (QED) is 0.215. The van der Waals surface area contributed by atoms with Crippen LogP contribution in [-0.4, -0.2) is 0 Å². The van der Waals surface area contributed by atoms with Crippen LogP contribution in [-0.2, 0) is 0 Å². The average Bonchev–Trinajstić information content (AvgIpc) is 2.94. The third-order valence-electron chi connectivity index (χ3n) is 3.61. The van der Waals surface area contributed by atoms with Crippen molar-refractivity contribution in [3.05, 3.63) is 181 Å². The Balaban J connectivity index is 0.000000387. The van der Waals surface area contributed by atoms with Gasteiger partial charge in [-0.2, -0.15) is 0 Å². The monoisotopic (exact) mass is 430 g/mol. The highest BCUT2D eigenvalue weighted by Gasteiger charge is 1.76. The second-order valence-electron chi connectivity index (χ2n) is 6.13. The molecule has 0 aliphatic heterocycles. The van der Waals surface area contributed by atoms with Crippen LogP contribution in [0.4, 0.5) is 0 Å². The highest BCUT2D eigenvalue weighted by Crippen LogP contribution is 1.93. The highest BCUT2D eigenvalue weighted by atomic mass is 13.8. The molecular formula is C33H34. The van der Waals surface area contributed by atoms with E-state index in [0.717, 1.165) is 5.56 Å². The van der Waals surface area contributed by atoms with E-state index in [0.29, 0.717) is 0 Å². The van der Waals surface area contributed by atoms with Gasteiger partial charge in [0.05, 0.1) is 0 Å².